The third-order valence-electron chi connectivity index (χ3n) is 1.66. The molecular formula is C9H6ClF3INO. The Morgan fingerprint density at radius 1 is 1.44 bits per heavy atom. The Morgan fingerprint density at radius 3 is 2.44 bits per heavy atom. The third-order valence-corrected chi connectivity index (χ3v) is 2.58. The first kappa shape index (κ1) is 13.6. The lowest BCUT2D eigenvalue weighted by Crippen LogP contribution is -2.14. The van der Waals surface area contributed by atoms with Crippen LogP contribution in [0.3, 0.4) is 0 Å². The number of hydrogen-bond acceptors (Lipinski definition) is 1. The minimum Gasteiger partial charge on any atom is -0.325 e. The van der Waals surface area contributed by atoms with Gasteiger partial charge in [0.05, 0.1) is 16.3 Å². The molecule has 1 aromatic rings. The van der Waals surface area contributed by atoms with E-state index in [1.54, 1.807) is 22.6 Å². The summed E-state index contributed by atoms with van der Waals surface area (Å²) in [6.45, 7) is 1.12. The zero-order chi connectivity index (χ0) is 12.5. The van der Waals surface area contributed by atoms with Crippen LogP contribution < -0.4 is 5.32 Å². The Morgan fingerprint density at radius 2 is 2.00 bits per heavy atom. The van der Waals surface area contributed by atoms with Gasteiger partial charge in [0.15, 0.2) is 0 Å². The van der Waals surface area contributed by atoms with Crippen LogP contribution >= 0.6 is 34.2 Å². The van der Waals surface area contributed by atoms with Crippen molar-refractivity contribution in [3.8, 4) is 0 Å². The van der Waals surface area contributed by atoms with E-state index in [2.05, 4.69) is 5.32 Å². The van der Waals surface area contributed by atoms with Crippen LogP contribution in [-0.2, 0) is 11.0 Å². The highest BCUT2D eigenvalue weighted by Gasteiger charge is 2.35. The van der Waals surface area contributed by atoms with Gasteiger partial charge in [-0.2, -0.15) is 13.2 Å². The highest BCUT2D eigenvalue weighted by Crippen LogP contribution is 2.39. The second kappa shape index (κ2) is 4.79. The van der Waals surface area contributed by atoms with E-state index in [1.807, 2.05) is 0 Å². The van der Waals surface area contributed by atoms with Gasteiger partial charge in [0.25, 0.3) is 0 Å². The highest BCUT2D eigenvalue weighted by atomic mass is 127. The molecule has 0 unspecified atom stereocenters. The van der Waals surface area contributed by atoms with Crippen molar-refractivity contribution in [1.82, 2.24) is 0 Å². The second-order valence-electron chi connectivity index (χ2n) is 2.99. The molecule has 0 spiro atoms. The summed E-state index contributed by atoms with van der Waals surface area (Å²) in [5, 5.41) is 1.95. The number of carbonyl (C=O) groups is 1. The molecule has 1 rings (SSSR count). The van der Waals surface area contributed by atoms with Gasteiger partial charge in [-0.15, -0.1) is 0 Å². The first-order chi connectivity index (χ1) is 7.21. The number of nitrogens with one attached hydrogen (secondary N) is 1. The van der Waals surface area contributed by atoms with Gasteiger partial charge >= 0.3 is 6.18 Å². The molecule has 0 aliphatic carbocycles. The zero-order valence-corrected chi connectivity index (χ0v) is 10.9. The average Bonchev–Trinajstić information content (AvgIpc) is 2.06. The van der Waals surface area contributed by atoms with E-state index < -0.39 is 23.3 Å². The summed E-state index contributed by atoms with van der Waals surface area (Å²) in [5.41, 5.74) is -1.35. The molecule has 2 nitrogen and oxygen atoms in total. The fraction of sp³-hybridized carbons (Fsp3) is 0.222. The van der Waals surface area contributed by atoms with Crippen molar-refractivity contribution < 1.29 is 18.0 Å². The van der Waals surface area contributed by atoms with Crippen LogP contribution in [0.4, 0.5) is 18.9 Å². The molecule has 0 saturated heterocycles. The number of rotatable bonds is 1. The minimum atomic E-state index is -4.55. The lowest BCUT2D eigenvalue weighted by molar-refractivity contribution is -0.137. The van der Waals surface area contributed by atoms with Crippen LogP contribution in [0.5, 0.6) is 0 Å². The first-order valence-corrected chi connectivity index (χ1v) is 5.51. The zero-order valence-electron chi connectivity index (χ0n) is 7.95. The molecule has 0 aliphatic rings. The Labute approximate surface area is 108 Å². The fourth-order valence-corrected chi connectivity index (χ4v) is 2.17. The monoisotopic (exact) mass is 363 g/mol. The Kier molecular flexibility index (Phi) is 4.06. The maximum atomic E-state index is 12.6. The number of anilines is 1. The van der Waals surface area contributed by atoms with Crippen LogP contribution in [0, 0.1) is 3.57 Å². The molecule has 0 saturated carbocycles. The van der Waals surface area contributed by atoms with Crippen LogP contribution in [0.15, 0.2) is 12.1 Å². The van der Waals surface area contributed by atoms with Crippen molar-refractivity contribution in [3.05, 3.63) is 26.3 Å². The number of amides is 1. The Bertz CT molecular complexity index is 433. The van der Waals surface area contributed by atoms with Crippen molar-refractivity contribution in [2.24, 2.45) is 0 Å². The van der Waals surface area contributed by atoms with Crippen molar-refractivity contribution in [1.29, 1.82) is 0 Å². The molecule has 16 heavy (non-hydrogen) atoms. The topological polar surface area (TPSA) is 29.1 Å². The molecular weight excluding hydrogens is 357 g/mol. The van der Waals surface area contributed by atoms with Crippen LogP contribution in [-0.4, -0.2) is 5.91 Å². The van der Waals surface area contributed by atoms with E-state index in [-0.39, 0.29) is 5.02 Å². The molecule has 1 N–H and O–H groups in total. The third kappa shape index (κ3) is 3.24. The average molecular weight is 364 g/mol. The summed E-state index contributed by atoms with van der Waals surface area (Å²) in [7, 11) is 0. The minimum absolute atomic E-state index is 0.130. The fourth-order valence-electron chi connectivity index (χ4n) is 1.10. The number of alkyl halides is 3. The van der Waals surface area contributed by atoms with Gasteiger partial charge in [0.2, 0.25) is 5.91 Å². The quantitative estimate of drug-likeness (QED) is 0.753. The number of benzene rings is 1. The second-order valence-corrected chi connectivity index (χ2v) is 4.64. The summed E-state index contributed by atoms with van der Waals surface area (Å²) in [6, 6.07) is 2.28. The molecule has 1 aromatic carbocycles. The SMILES string of the molecule is CC(=O)Nc1c(Cl)cc(I)cc1C(F)(F)F. The standard InChI is InChI=1S/C9H6ClF3INO/c1-4(16)15-8-6(9(11,12)13)2-5(14)3-7(8)10/h2-3H,1H3,(H,15,16). The molecule has 0 fully saturated rings. The molecule has 88 valence electrons. The van der Waals surface area contributed by atoms with Gasteiger partial charge in [0, 0.05) is 10.5 Å². The van der Waals surface area contributed by atoms with Gasteiger partial charge in [-0.05, 0) is 34.7 Å². The van der Waals surface area contributed by atoms with Crippen molar-refractivity contribution in [3.63, 3.8) is 0 Å². The van der Waals surface area contributed by atoms with E-state index in [0.29, 0.717) is 3.57 Å². The summed E-state index contributed by atoms with van der Waals surface area (Å²) >= 11 is 7.39. The predicted octanol–water partition coefficient (Wildman–Crippen LogP) is 3.92. The van der Waals surface area contributed by atoms with Gasteiger partial charge in [-0.1, -0.05) is 11.6 Å². The maximum absolute atomic E-state index is 12.6. The van der Waals surface area contributed by atoms with Gasteiger partial charge in [-0.25, -0.2) is 0 Å². The lowest BCUT2D eigenvalue weighted by Gasteiger charge is -2.15. The summed E-state index contributed by atoms with van der Waals surface area (Å²) in [5.74, 6) is -0.603. The smallest absolute Gasteiger partial charge is 0.325 e. The Balaban J connectivity index is 3.38. The lowest BCUT2D eigenvalue weighted by atomic mass is 10.1. The van der Waals surface area contributed by atoms with E-state index in [9.17, 15) is 18.0 Å². The largest absolute Gasteiger partial charge is 0.418 e. The highest BCUT2D eigenvalue weighted by molar-refractivity contribution is 14.1. The molecule has 0 radical (unpaired) electrons. The number of halogens is 5. The molecule has 1 amide bonds. The molecule has 7 heteroatoms. The van der Waals surface area contributed by atoms with Gasteiger partial charge in [0.1, 0.15) is 0 Å². The normalized spacial score (nSPS) is 11.4. The van der Waals surface area contributed by atoms with Crippen molar-refractivity contribution in [2.75, 3.05) is 5.32 Å². The van der Waals surface area contributed by atoms with Crippen LogP contribution in [0.1, 0.15) is 12.5 Å². The van der Waals surface area contributed by atoms with E-state index in [1.165, 1.54) is 6.07 Å². The number of carbonyl (C=O) groups excluding carboxylic acids is 1. The molecule has 0 atom stereocenters. The van der Waals surface area contributed by atoms with Gasteiger partial charge < -0.3 is 5.32 Å². The molecule has 0 aliphatic heterocycles. The van der Waals surface area contributed by atoms with E-state index in [0.717, 1.165) is 13.0 Å². The van der Waals surface area contributed by atoms with Crippen molar-refractivity contribution in [2.45, 2.75) is 13.1 Å². The molecule has 0 aromatic heterocycles. The summed E-state index contributed by atoms with van der Waals surface area (Å²) in [6.07, 6.45) is -4.55. The maximum Gasteiger partial charge on any atom is 0.418 e. The van der Waals surface area contributed by atoms with Crippen LogP contribution in [0.25, 0.3) is 0 Å². The Hall–Kier alpha value is -0.500. The van der Waals surface area contributed by atoms with Crippen LogP contribution in [0.2, 0.25) is 5.02 Å². The number of hydrogen-bond donors (Lipinski definition) is 1. The van der Waals surface area contributed by atoms with Crippen molar-refractivity contribution >= 4 is 45.8 Å². The first-order valence-electron chi connectivity index (χ1n) is 4.05. The summed E-state index contributed by atoms with van der Waals surface area (Å²) in [4.78, 5) is 10.8. The van der Waals surface area contributed by atoms with E-state index in [4.69, 9.17) is 11.6 Å². The predicted molar refractivity (Wildman–Crippen MR) is 63.5 cm³/mol. The molecule has 0 heterocycles. The molecule has 0 bridgehead atoms. The van der Waals surface area contributed by atoms with E-state index >= 15 is 0 Å². The van der Waals surface area contributed by atoms with Gasteiger partial charge in [-0.3, -0.25) is 4.79 Å². The summed E-state index contributed by atoms with van der Waals surface area (Å²) < 4.78 is 38.3.